The maximum absolute atomic E-state index is 12.8. The van der Waals surface area contributed by atoms with Crippen LogP contribution >= 0.6 is 0 Å². The Kier molecular flexibility index (Phi) is 4.28. The van der Waals surface area contributed by atoms with Gasteiger partial charge in [-0.25, -0.2) is 0 Å². The van der Waals surface area contributed by atoms with Crippen LogP contribution in [0.5, 0.6) is 0 Å². The summed E-state index contributed by atoms with van der Waals surface area (Å²) in [4.78, 5) is 37.8. The number of carbonyl (C=O) groups is 3. The van der Waals surface area contributed by atoms with Gasteiger partial charge in [-0.15, -0.1) is 0 Å². The summed E-state index contributed by atoms with van der Waals surface area (Å²) in [6.07, 6.45) is 4.05. The van der Waals surface area contributed by atoms with Crippen LogP contribution in [0.3, 0.4) is 0 Å². The maximum atomic E-state index is 12.8. The molecular formula is C19H24N4O3. The first-order valence-electron chi connectivity index (χ1n) is 9.23. The van der Waals surface area contributed by atoms with Crippen molar-refractivity contribution in [1.29, 1.82) is 0 Å². The van der Waals surface area contributed by atoms with Gasteiger partial charge in [-0.2, -0.15) is 0 Å². The first-order valence-corrected chi connectivity index (χ1v) is 9.23. The lowest BCUT2D eigenvalue weighted by atomic mass is 9.76. The number of nitrogens with two attached hydrogens (primary N) is 1. The fraction of sp³-hybridized carbons (Fsp3) is 0.526. The Bertz CT molecular complexity index is 767. The molecule has 2 aliphatic heterocycles. The first-order chi connectivity index (χ1) is 12.5. The summed E-state index contributed by atoms with van der Waals surface area (Å²) in [5.41, 5.74) is 8.56. The standard InChI is InChI=1S/C19H24N4O3/c20-11-19(6-1-7-19)21-9-12-2-3-13-10-23(18(26)14(13)8-12)15-4-5-16(24)22-17(15)25/h2-3,8,15,21H,1,4-7,9-11,20H2,(H,22,24,25). The smallest absolute Gasteiger partial charge is 0.255 e. The molecule has 1 unspecified atom stereocenters. The molecule has 3 aliphatic rings. The van der Waals surface area contributed by atoms with E-state index in [0.717, 1.165) is 24.0 Å². The van der Waals surface area contributed by atoms with Gasteiger partial charge in [-0.05, 0) is 42.9 Å². The number of fused-ring (bicyclic) bond motifs is 1. The van der Waals surface area contributed by atoms with E-state index in [0.29, 0.717) is 31.6 Å². The summed E-state index contributed by atoms with van der Waals surface area (Å²) in [5, 5.41) is 5.87. The van der Waals surface area contributed by atoms with Crippen molar-refractivity contribution in [2.45, 2.75) is 56.8 Å². The van der Waals surface area contributed by atoms with E-state index in [1.165, 1.54) is 6.42 Å². The van der Waals surface area contributed by atoms with E-state index in [-0.39, 0.29) is 29.7 Å². The molecule has 26 heavy (non-hydrogen) atoms. The molecule has 1 atom stereocenters. The van der Waals surface area contributed by atoms with Crippen LogP contribution in [0.1, 0.15) is 53.6 Å². The first kappa shape index (κ1) is 17.2. The molecule has 2 fully saturated rings. The Morgan fingerprint density at radius 2 is 2.08 bits per heavy atom. The lowest BCUT2D eigenvalue weighted by Crippen LogP contribution is -2.55. The molecule has 7 heteroatoms. The van der Waals surface area contributed by atoms with Gasteiger partial charge >= 0.3 is 0 Å². The zero-order valence-corrected chi connectivity index (χ0v) is 14.7. The third-order valence-corrected chi connectivity index (χ3v) is 5.96. The number of nitrogens with zero attached hydrogens (tertiary/aromatic N) is 1. The van der Waals surface area contributed by atoms with Gasteiger partial charge < -0.3 is 16.0 Å². The van der Waals surface area contributed by atoms with Crippen molar-refractivity contribution in [2.24, 2.45) is 5.73 Å². The second kappa shape index (κ2) is 6.48. The summed E-state index contributed by atoms with van der Waals surface area (Å²) in [6.45, 7) is 1.72. The van der Waals surface area contributed by atoms with Crippen molar-refractivity contribution in [1.82, 2.24) is 15.5 Å². The van der Waals surface area contributed by atoms with E-state index < -0.39 is 6.04 Å². The van der Waals surface area contributed by atoms with Crippen LogP contribution in [-0.2, 0) is 22.7 Å². The van der Waals surface area contributed by atoms with Crippen molar-refractivity contribution in [2.75, 3.05) is 6.54 Å². The zero-order valence-electron chi connectivity index (χ0n) is 14.7. The number of hydrogen-bond donors (Lipinski definition) is 3. The minimum Gasteiger partial charge on any atom is -0.329 e. The average molecular weight is 356 g/mol. The Morgan fingerprint density at radius 1 is 1.27 bits per heavy atom. The van der Waals surface area contributed by atoms with Crippen molar-refractivity contribution in [3.8, 4) is 0 Å². The van der Waals surface area contributed by atoms with Crippen LogP contribution in [0.2, 0.25) is 0 Å². The van der Waals surface area contributed by atoms with E-state index in [1.54, 1.807) is 4.90 Å². The molecule has 7 nitrogen and oxygen atoms in total. The summed E-state index contributed by atoms with van der Waals surface area (Å²) in [5.74, 6) is -0.777. The molecule has 4 rings (SSSR count). The number of rotatable bonds is 5. The van der Waals surface area contributed by atoms with Gasteiger partial charge in [0.1, 0.15) is 6.04 Å². The van der Waals surface area contributed by atoms with Gasteiger partial charge in [0.25, 0.3) is 5.91 Å². The Labute approximate surface area is 152 Å². The molecule has 0 radical (unpaired) electrons. The number of imide groups is 1. The molecule has 0 bridgehead atoms. The van der Waals surface area contributed by atoms with E-state index in [1.807, 2.05) is 18.2 Å². The predicted molar refractivity (Wildman–Crippen MR) is 95.0 cm³/mol. The van der Waals surface area contributed by atoms with Crippen LogP contribution in [0, 0.1) is 0 Å². The third-order valence-electron chi connectivity index (χ3n) is 5.96. The van der Waals surface area contributed by atoms with Gasteiger partial charge in [-0.3, -0.25) is 19.7 Å². The lowest BCUT2D eigenvalue weighted by Gasteiger charge is -2.42. The molecule has 3 amide bonds. The summed E-state index contributed by atoms with van der Waals surface area (Å²) >= 11 is 0. The van der Waals surface area contributed by atoms with Crippen molar-refractivity contribution in [3.05, 3.63) is 34.9 Å². The van der Waals surface area contributed by atoms with Crippen LogP contribution in [-0.4, -0.2) is 40.7 Å². The predicted octanol–water partition coefficient (Wildman–Crippen LogP) is 0.419. The minimum absolute atomic E-state index is 0.0434. The summed E-state index contributed by atoms with van der Waals surface area (Å²) in [7, 11) is 0. The van der Waals surface area contributed by atoms with Crippen LogP contribution in [0.25, 0.3) is 0 Å². The van der Waals surface area contributed by atoms with E-state index in [2.05, 4.69) is 10.6 Å². The minimum atomic E-state index is -0.565. The topological polar surface area (TPSA) is 105 Å². The number of amides is 3. The van der Waals surface area contributed by atoms with Gasteiger partial charge in [0.05, 0.1) is 0 Å². The molecule has 1 aromatic carbocycles. The van der Waals surface area contributed by atoms with Gasteiger partial charge in [-0.1, -0.05) is 12.1 Å². The Morgan fingerprint density at radius 3 is 2.73 bits per heavy atom. The van der Waals surface area contributed by atoms with Crippen LogP contribution in [0.15, 0.2) is 18.2 Å². The lowest BCUT2D eigenvalue weighted by molar-refractivity contribution is -0.136. The zero-order chi connectivity index (χ0) is 18.3. The molecule has 0 spiro atoms. The second-order valence-corrected chi connectivity index (χ2v) is 7.58. The number of hydrogen-bond acceptors (Lipinski definition) is 5. The Balaban J connectivity index is 1.47. The molecule has 1 aromatic rings. The van der Waals surface area contributed by atoms with Gasteiger partial charge in [0.2, 0.25) is 11.8 Å². The second-order valence-electron chi connectivity index (χ2n) is 7.58. The molecule has 2 heterocycles. The highest BCUT2D eigenvalue weighted by atomic mass is 16.2. The van der Waals surface area contributed by atoms with Crippen molar-refractivity contribution >= 4 is 17.7 Å². The van der Waals surface area contributed by atoms with Crippen molar-refractivity contribution < 1.29 is 14.4 Å². The SMILES string of the molecule is NCC1(NCc2ccc3c(c2)C(=O)N(C2CCC(=O)NC2=O)C3)CCC1. The quantitative estimate of drug-likeness (QED) is 0.663. The highest BCUT2D eigenvalue weighted by molar-refractivity contribution is 6.05. The monoisotopic (exact) mass is 356 g/mol. The van der Waals surface area contributed by atoms with Crippen LogP contribution < -0.4 is 16.4 Å². The molecule has 1 saturated heterocycles. The average Bonchev–Trinajstić information content (AvgIpc) is 2.91. The fourth-order valence-electron chi connectivity index (χ4n) is 4.06. The van der Waals surface area contributed by atoms with E-state index >= 15 is 0 Å². The fourth-order valence-corrected chi connectivity index (χ4v) is 4.06. The number of piperidine rings is 1. The highest BCUT2D eigenvalue weighted by Crippen LogP contribution is 2.32. The molecule has 4 N–H and O–H groups in total. The summed E-state index contributed by atoms with van der Waals surface area (Å²) in [6, 6.07) is 5.34. The number of carbonyl (C=O) groups excluding carboxylic acids is 3. The van der Waals surface area contributed by atoms with Gasteiger partial charge in [0, 0.05) is 37.2 Å². The van der Waals surface area contributed by atoms with Gasteiger partial charge in [0.15, 0.2) is 0 Å². The van der Waals surface area contributed by atoms with E-state index in [4.69, 9.17) is 5.73 Å². The highest BCUT2D eigenvalue weighted by Gasteiger charge is 2.39. The summed E-state index contributed by atoms with van der Waals surface area (Å²) < 4.78 is 0. The molecule has 0 aromatic heterocycles. The van der Waals surface area contributed by atoms with E-state index in [9.17, 15) is 14.4 Å². The van der Waals surface area contributed by atoms with Crippen molar-refractivity contribution in [3.63, 3.8) is 0 Å². The maximum Gasteiger partial charge on any atom is 0.255 e. The molecule has 1 aliphatic carbocycles. The molecule has 1 saturated carbocycles. The number of benzene rings is 1. The third kappa shape index (κ3) is 2.91. The normalized spacial score (nSPS) is 24.3. The molecular weight excluding hydrogens is 332 g/mol. The molecule has 138 valence electrons. The number of nitrogens with one attached hydrogen (secondary N) is 2. The largest absolute Gasteiger partial charge is 0.329 e. The van der Waals surface area contributed by atoms with Crippen LogP contribution in [0.4, 0.5) is 0 Å². The Hall–Kier alpha value is -2.25.